The molecule has 0 unspecified atom stereocenters. The lowest BCUT2D eigenvalue weighted by molar-refractivity contribution is -0.876. The zero-order chi connectivity index (χ0) is 14.6. The Morgan fingerprint density at radius 1 is 1.28 bits per heavy atom. The molecule has 0 aliphatic heterocycles. The third kappa shape index (κ3) is 10.7. The van der Waals surface area contributed by atoms with Gasteiger partial charge in [0.05, 0.1) is 27.3 Å². The molecule has 0 heterocycles. The molecule has 0 radical (unpaired) electrons. The standard InChI is InChI=1S/C11H24NO5P/c1-11(2,9-12(3,4)5)17-10(13)7-6-8-18(14,15)16/h6-9H2,1-5H3,(H-,14,15,16)/p+1. The zero-order valence-electron chi connectivity index (χ0n) is 11.8. The maximum atomic E-state index is 11.5. The average Bonchev–Trinajstić information content (AvgIpc) is 1.93. The molecule has 0 aliphatic carbocycles. The minimum Gasteiger partial charge on any atom is -0.454 e. The van der Waals surface area contributed by atoms with Crippen LogP contribution in [0.4, 0.5) is 0 Å². The summed E-state index contributed by atoms with van der Waals surface area (Å²) in [6.45, 7) is 4.33. The molecule has 0 rings (SSSR count). The van der Waals surface area contributed by atoms with Crippen molar-refractivity contribution in [2.75, 3.05) is 33.8 Å². The Morgan fingerprint density at radius 2 is 1.78 bits per heavy atom. The van der Waals surface area contributed by atoms with E-state index in [2.05, 4.69) is 0 Å². The molecule has 0 atom stereocenters. The van der Waals surface area contributed by atoms with Gasteiger partial charge in [-0.25, -0.2) is 0 Å². The van der Waals surface area contributed by atoms with Crippen LogP contribution >= 0.6 is 7.60 Å². The van der Waals surface area contributed by atoms with E-state index in [1.807, 2.05) is 35.0 Å². The van der Waals surface area contributed by atoms with Crippen LogP contribution in [0.1, 0.15) is 26.7 Å². The Balaban J connectivity index is 4.12. The average molecular weight is 282 g/mol. The van der Waals surface area contributed by atoms with E-state index in [1.54, 1.807) is 0 Å². The van der Waals surface area contributed by atoms with Crippen molar-refractivity contribution in [2.24, 2.45) is 0 Å². The largest absolute Gasteiger partial charge is 0.454 e. The lowest BCUT2D eigenvalue weighted by Gasteiger charge is -2.33. The first-order valence-corrected chi connectivity index (χ1v) is 7.67. The van der Waals surface area contributed by atoms with Crippen molar-refractivity contribution in [1.82, 2.24) is 0 Å². The molecular weight excluding hydrogens is 257 g/mol. The number of quaternary nitrogens is 1. The Kier molecular flexibility index (Phi) is 6.01. The molecular formula is C11H25NO5P+. The van der Waals surface area contributed by atoms with Crippen molar-refractivity contribution in [1.29, 1.82) is 0 Å². The Morgan fingerprint density at radius 3 is 2.17 bits per heavy atom. The fourth-order valence-electron chi connectivity index (χ4n) is 1.96. The van der Waals surface area contributed by atoms with Crippen molar-refractivity contribution < 1.29 is 28.4 Å². The van der Waals surface area contributed by atoms with Crippen LogP contribution < -0.4 is 0 Å². The summed E-state index contributed by atoms with van der Waals surface area (Å²) < 4.78 is 16.6. The quantitative estimate of drug-likeness (QED) is 0.413. The molecule has 0 aromatic heterocycles. The van der Waals surface area contributed by atoms with Crippen molar-refractivity contribution in [2.45, 2.75) is 32.3 Å². The van der Waals surface area contributed by atoms with Crippen LogP contribution in [-0.2, 0) is 14.1 Å². The molecule has 0 amide bonds. The van der Waals surface area contributed by atoms with Crippen LogP contribution in [0.5, 0.6) is 0 Å². The van der Waals surface area contributed by atoms with Gasteiger partial charge in [0.25, 0.3) is 0 Å². The van der Waals surface area contributed by atoms with Crippen molar-refractivity contribution in [3.63, 3.8) is 0 Å². The highest BCUT2D eigenvalue weighted by molar-refractivity contribution is 7.51. The maximum absolute atomic E-state index is 11.5. The number of esters is 1. The molecule has 0 saturated heterocycles. The third-order valence-corrected chi connectivity index (χ3v) is 2.97. The van der Waals surface area contributed by atoms with Crippen LogP contribution in [0.15, 0.2) is 0 Å². The van der Waals surface area contributed by atoms with Crippen LogP contribution in [0.3, 0.4) is 0 Å². The molecule has 7 heteroatoms. The Hall–Kier alpha value is -0.420. The van der Waals surface area contributed by atoms with Gasteiger partial charge in [0.2, 0.25) is 0 Å². The van der Waals surface area contributed by atoms with Gasteiger partial charge < -0.3 is 19.0 Å². The maximum Gasteiger partial charge on any atom is 0.325 e. The molecule has 0 saturated carbocycles. The van der Waals surface area contributed by atoms with E-state index in [-0.39, 0.29) is 19.0 Å². The topological polar surface area (TPSA) is 83.8 Å². The first-order valence-electron chi connectivity index (χ1n) is 5.88. The number of hydrogen-bond donors (Lipinski definition) is 2. The van der Waals surface area contributed by atoms with Gasteiger partial charge in [-0.05, 0) is 20.3 Å². The predicted octanol–water partition coefficient (Wildman–Crippen LogP) is 0.972. The molecule has 0 aromatic carbocycles. The van der Waals surface area contributed by atoms with E-state index in [1.165, 1.54) is 0 Å². The summed E-state index contributed by atoms with van der Waals surface area (Å²) in [6, 6.07) is 0. The van der Waals surface area contributed by atoms with Gasteiger partial charge in [-0.1, -0.05) is 0 Å². The molecule has 6 nitrogen and oxygen atoms in total. The molecule has 0 bridgehead atoms. The monoisotopic (exact) mass is 282 g/mol. The van der Waals surface area contributed by atoms with Crippen LogP contribution in [-0.4, -0.2) is 59.7 Å². The molecule has 2 N–H and O–H groups in total. The Bertz CT molecular complexity index is 329. The summed E-state index contributed by atoms with van der Waals surface area (Å²) in [6.07, 6.45) is -0.104. The van der Waals surface area contributed by atoms with Gasteiger partial charge >= 0.3 is 13.6 Å². The number of nitrogens with zero attached hydrogens (tertiary/aromatic N) is 1. The molecule has 0 aliphatic rings. The minimum absolute atomic E-state index is 0.0334. The van der Waals surface area contributed by atoms with E-state index < -0.39 is 19.2 Å². The van der Waals surface area contributed by atoms with Crippen LogP contribution in [0.25, 0.3) is 0 Å². The third-order valence-electron chi connectivity index (χ3n) is 2.08. The summed E-state index contributed by atoms with van der Waals surface area (Å²) in [4.78, 5) is 28.9. The lowest BCUT2D eigenvalue weighted by atomic mass is 10.1. The van der Waals surface area contributed by atoms with E-state index in [9.17, 15) is 9.36 Å². The molecule has 108 valence electrons. The number of hydrogen-bond acceptors (Lipinski definition) is 3. The van der Waals surface area contributed by atoms with Crippen LogP contribution in [0, 0.1) is 0 Å². The van der Waals surface area contributed by atoms with Gasteiger partial charge in [0.1, 0.15) is 6.54 Å². The molecule has 0 aromatic rings. The normalized spacial score (nSPS) is 13.5. The second kappa shape index (κ2) is 6.15. The predicted molar refractivity (Wildman–Crippen MR) is 69.2 cm³/mol. The summed E-state index contributed by atoms with van der Waals surface area (Å²) in [5, 5.41) is 0. The van der Waals surface area contributed by atoms with E-state index in [4.69, 9.17) is 14.5 Å². The number of likely N-dealkylation sites (N-methyl/N-ethyl adjacent to an activating group) is 1. The highest BCUT2D eigenvalue weighted by atomic mass is 31.2. The number of carbonyl (C=O) groups is 1. The summed E-state index contributed by atoms with van der Waals surface area (Å²) in [7, 11) is 1.99. The highest BCUT2D eigenvalue weighted by Crippen LogP contribution is 2.35. The fourth-order valence-corrected chi connectivity index (χ4v) is 2.53. The van der Waals surface area contributed by atoms with Crippen LogP contribution in [0.2, 0.25) is 0 Å². The van der Waals surface area contributed by atoms with Gasteiger partial charge in [-0.3, -0.25) is 9.36 Å². The van der Waals surface area contributed by atoms with Crippen molar-refractivity contribution in [3.05, 3.63) is 0 Å². The zero-order valence-corrected chi connectivity index (χ0v) is 12.7. The smallest absolute Gasteiger partial charge is 0.325 e. The Labute approximate surface area is 109 Å². The van der Waals surface area contributed by atoms with Gasteiger partial charge in [-0.15, -0.1) is 0 Å². The first kappa shape index (κ1) is 17.6. The number of carbonyl (C=O) groups excluding carboxylic acids is 1. The van der Waals surface area contributed by atoms with E-state index >= 15 is 0 Å². The highest BCUT2D eigenvalue weighted by Gasteiger charge is 2.29. The van der Waals surface area contributed by atoms with Gasteiger partial charge in [0, 0.05) is 6.42 Å². The SMILES string of the molecule is CC(C)(C[N+](C)(C)C)OC(=O)CCCP(=O)(O)O. The van der Waals surface area contributed by atoms with Crippen molar-refractivity contribution in [3.8, 4) is 0 Å². The first-order chi connectivity index (χ1) is 7.81. The van der Waals surface area contributed by atoms with Gasteiger partial charge in [0.15, 0.2) is 5.60 Å². The summed E-state index contributed by atoms with van der Waals surface area (Å²) in [5.41, 5.74) is -0.586. The van der Waals surface area contributed by atoms with E-state index in [0.29, 0.717) is 11.0 Å². The second-order valence-corrected chi connectivity index (χ2v) is 7.95. The number of rotatable bonds is 7. The van der Waals surface area contributed by atoms with Crippen molar-refractivity contribution >= 4 is 13.6 Å². The van der Waals surface area contributed by atoms with E-state index in [0.717, 1.165) is 0 Å². The molecule has 18 heavy (non-hydrogen) atoms. The molecule has 0 spiro atoms. The second-order valence-electron chi connectivity index (χ2n) is 6.17. The summed E-state index contributed by atoms with van der Waals surface area (Å²) >= 11 is 0. The summed E-state index contributed by atoms with van der Waals surface area (Å²) in [5.74, 6) is -0.415. The fraction of sp³-hybridized carbons (Fsp3) is 0.909. The van der Waals surface area contributed by atoms with Gasteiger partial charge in [-0.2, -0.15) is 0 Å². The minimum atomic E-state index is -4.02. The molecule has 0 fully saturated rings. The lowest BCUT2D eigenvalue weighted by Crippen LogP contribution is -2.48. The number of ether oxygens (including phenoxy) is 1.